The number of rotatable bonds is 6. The highest BCUT2D eigenvalue weighted by molar-refractivity contribution is 5.79. The molecule has 25 heavy (non-hydrogen) atoms. The quantitative estimate of drug-likeness (QED) is 0.857. The molecule has 2 amide bonds. The van der Waals surface area contributed by atoms with Gasteiger partial charge in [0.2, 0.25) is 5.91 Å². The molecule has 1 aromatic rings. The third-order valence-electron chi connectivity index (χ3n) is 4.96. The summed E-state index contributed by atoms with van der Waals surface area (Å²) in [7, 11) is 0. The van der Waals surface area contributed by atoms with Gasteiger partial charge in [0, 0.05) is 19.1 Å². The van der Waals surface area contributed by atoms with Crippen molar-refractivity contribution in [1.29, 1.82) is 0 Å². The summed E-state index contributed by atoms with van der Waals surface area (Å²) in [5, 5.41) is 0. The zero-order valence-corrected chi connectivity index (χ0v) is 14.6. The van der Waals surface area contributed by atoms with Crippen molar-refractivity contribution in [3.05, 3.63) is 35.9 Å². The second-order valence-corrected chi connectivity index (χ2v) is 6.86. The molecule has 0 radical (unpaired) electrons. The molecule has 2 N–H and O–H groups in total. The lowest BCUT2D eigenvalue weighted by molar-refractivity contribution is -0.131. The summed E-state index contributed by atoms with van der Waals surface area (Å²) in [5.74, 6) is -0.0225. The van der Waals surface area contributed by atoms with Crippen LogP contribution in [0.3, 0.4) is 0 Å². The minimum atomic E-state index is -0.288. The van der Waals surface area contributed by atoms with Crippen LogP contribution in [0.2, 0.25) is 0 Å². The van der Waals surface area contributed by atoms with Crippen LogP contribution in [0.15, 0.2) is 30.3 Å². The lowest BCUT2D eigenvalue weighted by Crippen LogP contribution is -2.52. The molecule has 1 aliphatic carbocycles. The second kappa shape index (κ2) is 8.34. The molecule has 0 unspecified atom stereocenters. The number of hydrogen-bond acceptors (Lipinski definition) is 4. The number of amides is 2. The Balaban J connectivity index is 1.59. The van der Waals surface area contributed by atoms with Crippen molar-refractivity contribution in [1.82, 2.24) is 9.80 Å². The highest BCUT2D eigenvalue weighted by Crippen LogP contribution is 2.29. The van der Waals surface area contributed by atoms with Gasteiger partial charge in [-0.2, -0.15) is 0 Å². The van der Waals surface area contributed by atoms with E-state index in [-0.39, 0.29) is 31.2 Å². The van der Waals surface area contributed by atoms with E-state index in [1.807, 2.05) is 35.2 Å². The van der Waals surface area contributed by atoms with Gasteiger partial charge in [-0.3, -0.25) is 4.79 Å². The van der Waals surface area contributed by atoms with Crippen molar-refractivity contribution >= 4 is 12.0 Å². The molecule has 0 spiro atoms. The fourth-order valence-corrected chi connectivity index (χ4v) is 3.42. The number of benzene rings is 1. The summed E-state index contributed by atoms with van der Waals surface area (Å²) in [5.41, 5.74) is 6.53. The van der Waals surface area contributed by atoms with E-state index in [9.17, 15) is 9.59 Å². The predicted molar refractivity (Wildman–Crippen MR) is 94.8 cm³/mol. The van der Waals surface area contributed by atoms with E-state index >= 15 is 0 Å². The van der Waals surface area contributed by atoms with Gasteiger partial charge in [-0.05, 0) is 37.7 Å². The zero-order chi connectivity index (χ0) is 17.6. The van der Waals surface area contributed by atoms with E-state index in [0.29, 0.717) is 19.1 Å². The first kappa shape index (κ1) is 17.7. The van der Waals surface area contributed by atoms with Crippen LogP contribution in [0.1, 0.15) is 37.7 Å². The molecule has 2 aliphatic rings. The Morgan fingerprint density at radius 3 is 2.60 bits per heavy atom. The Morgan fingerprint density at radius 2 is 1.92 bits per heavy atom. The molecule has 6 heteroatoms. The van der Waals surface area contributed by atoms with Gasteiger partial charge in [0.05, 0.1) is 12.6 Å². The number of nitrogens with two attached hydrogens (primary N) is 1. The Labute approximate surface area is 148 Å². The first-order valence-electron chi connectivity index (χ1n) is 9.16. The molecular formula is C19H27N3O3. The fraction of sp³-hybridized carbons (Fsp3) is 0.579. The van der Waals surface area contributed by atoms with Crippen molar-refractivity contribution in [2.45, 2.75) is 50.8 Å². The van der Waals surface area contributed by atoms with Gasteiger partial charge in [0.1, 0.15) is 6.61 Å². The van der Waals surface area contributed by atoms with E-state index in [4.69, 9.17) is 10.5 Å². The van der Waals surface area contributed by atoms with Gasteiger partial charge in [-0.15, -0.1) is 0 Å². The normalized spacial score (nSPS) is 20.2. The monoisotopic (exact) mass is 345 g/mol. The third-order valence-corrected chi connectivity index (χ3v) is 4.96. The number of carbonyl (C=O) groups is 2. The van der Waals surface area contributed by atoms with Crippen LogP contribution in [-0.2, 0) is 16.1 Å². The number of carbonyl (C=O) groups excluding carboxylic acids is 2. The number of piperidine rings is 1. The van der Waals surface area contributed by atoms with Crippen LogP contribution in [0.4, 0.5) is 4.79 Å². The summed E-state index contributed by atoms with van der Waals surface area (Å²) in [6.45, 7) is 1.56. The van der Waals surface area contributed by atoms with Crippen LogP contribution in [0.25, 0.3) is 0 Å². The predicted octanol–water partition coefficient (Wildman–Crippen LogP) is 2.13. The Bertz CT molecular complexity index is 589. The first-order chi connectivity index (χ1) is 12.2. The fourth-order valence-electron chi connectivity index (χ4n) is 3.42. The minimum Gasteiger partial charge on any atom is -0.445 e. The molecule has 0 bridgehead atoms. The molecule has 0 aromatic heterocycles. The van der Waals surface area contributed by atoms with E-state index in [1.54, 1.807) is 4.90 Å². The van der Waals surface area contributed by atoms with Crippen LogP contribution >= 0.6 is 0 Å². The number of hydrogen-bond donors (Lipinski definition) is 1. The SMILES string of the molecule is NCC(=O)N(C[C@H]1CCCCN1C(=O)OCc1ccccc1)C1CC1. The molecule has 1 saturated carbocycles. The lowest BCUT2D eigenvalue weighted by Gasteiger charge is -2.38. The molecule has 1 aliphatic heterocycles. The number of nitrogens with zero attached hydrogens (tertiary/aromatic N) is 2. The summed E-state index contributed by atoms with van der Waals surface area (Å²) in [6, 6.07) is 10.0. The van der Waals surface area contributed by atoms with Gasteiger partial charge >= 0.3 is 6.09 Å². The first-order valence-corrected chi connectivity index (χ1v) is 9.16. The van der Waals surface area contributed by atoms with E-state index in [1.165, 1.54) is 0 Å². The van der Waals surface area contributed by atoms with E-state index in [2.05, 4.69) is 0 Å². The largest absolute Gasteiger partial charge is 0.445 e. The van der Waals surface area contributed by atoms with Crippen LogP contribution in [0, 0.1) is 0 Å². The Hall–Kier alpha value is -2.08. The topological polar surface area (TPSA) is 75.9 Å². The molecular weight excluding hydrogens is 318 g/mol. The standard InChI is InChI=1S/C19H27N3O3/c20-12-18(23)22(16-9-10-16)13-17-8-4-5-11-21(17)19(24)25-14-15-6-2-1-3-7-15/h1-3,6-7,16-17H,4-5,8-14,20H2/t17-/m1/s1. The molecule has 1 heterocycles. The van der Waals surface area contributed by atoms with Crippen LogP contribution in [0.5, 0.6) is 0 Å². The van der Waals surface area contributed by atoms with Gasteiger partial charge in [-0.1, -0.05) is 30.3 Å². The minimum absolute atomic E-state index is 0.0214. The molecule has 136 valence electrons. The maximum atomic E-state index is 12.6. The number of likely N-dealkylation sites (tertiary alicyclic amines) is 1. The maximum Gasteiger partial charge on any atom is 0.410 e. The number of ether oxygens (including phenoxy) is 1. The Kier molecular flexibility index (Phi) is 5.91. The summed E-state index contributed by atoms with van der Waals surface area (Å²) in [4.78, 5) is 28.4. The average molecular weight is 345 g/mol. The third kappa shape index (κ3) is 4.72. The highest BCUT2D eigenvalue weighted by atomic mass is 16.6. The van der Waals surface area contributed by atoms with Crippen LogP contribution < -0.4 is 5.73 Å². The molecule has 2 fully saturated rings. The van der Waals surface area contributed by atoms with Crippen molar-refractivity contribution in [2.75, 3.05) is 19.6 Å². The molecule has 1 aromatic carbocycles. The molecule has 6 nitrogen and oxygen atoms in total. The molecule has 3 rings (SSSR count). The molecule has 1 saturated heterocycles. The summed E-state index contributed by atoms with van der Waals surface area (Å²) in [6.07, 6.45) is 4.74. The van der Waals surface area contributed by atoms with Gasteiger partial charge in [0.25, 0.3) is 0 Å². The van der Waals surface area contributed by atoms with Gasteiger partial charge in [-0.25, -0.2) is 4.79 Å². The van der Waals surface area contributed by atoms with Crippen molar-refractivity contribution in [2.24, 2.45) is 5.73 Å². The average Bonchev–Trinajstić information content (AvgIpc) is 3.49. The lowest BCUT2D eigenvalue weighted by atomic mass is 10.0. The zero-order valence-electron chi connectivity index (χ0n) is 14.6. The van der Waals surface area contributed by atoms with Gasteiger partial charge in [0.15, 0.2) is 0 Å². The smallest absolute Gasteiger partial charge is 0.410 e. The van der Waals surface area contributed by atoms with E-state index < -0.39 is 0 Å². The Morgan fingerprint density at radius 1 is 1.16 bits per heavy atom. The van der Waals surface area contributed by atoms with Crippen molar-refractivity contribution in [3.8, 4) is 0 Å². The van der Waals surface area contributed by atoms with E-state index in [0.717, 1.165) is 37.7 Å². The summed E-state index contributed by atoms with van der Waals surface area (Å²) < 4.78 is 5.50. The maximum absolute atomic E-state index is 12.6. The second-order valence-electron chi connectivity index (χ2n) is 6.86. The van der Waals surface area contributed by atoms with Crippen molar-refractivity contribution < 1.29 is 14.3 Å². The van der Waals surface area contributed by atoms with Crippen LogP contribution in [-0.4, -0.2) is 53.5 Å². The van der Waals surface area contributed by atoms with Crippen molar-refractivity contribution in [3.63, 3.8) is 0 Å². The van der Waals surface area contributed by atoms with Gasteiger partial charge < -0.3 is 20.3 Å². The molecule has 1 atom stereocenters. The highest BCUT2D eigenvalue weighted by Gasteiger charge is 2.36. The summed E-state index contributed by atoms with van der Waals surface area (Å²) >= 11 is 0.